The number of benzene rings is 2. The molecule has 92 valence electrons. The van der Waals surface area contributed by atoms with Crippen LogP contribution in [0, 0.1) is 20.6 Å². The second-order valence-electron chi connectivity index (χ2n) is 3.92. The third kappa shape index (κ3) is 2.98. The predicted octanol–water partition coefficient (Wildman–Crippen LogP) is 4.25. The van der Waals surface area contributed by atoms with Crippen LogP contribution < -0.4 is 5.32 Å². The van der Waals surface area contributed by atoms with Gasteiger partial charge < -0.3 is 5.32 Å². The van der Waals surface area contributed by atoms with Crippen molar-refractivity contribution in [1.29, 1.82) is 0 Å². The van der Waals surface area contributed by atoms with Gasteiger partial charge in [0.05, 0.1) is 8.49 Å². The highest BCUT2D eigenvalue weighted by Crippen LogP contribution is 2.26. The van der Waals surface area contributed by atoms with E-state index in [0.29, 0.717) is 3.57 Å². The van der Waals surface area contributed by atoms with E-state index in [2.05, 4.69) is 5.32 Å². The Balaban J connectivity index is 2.25. The molecule has 0 amide bonds. The quantitative estimate of drug-likeness (QED) is 0.509. The lowest BCUT2D eigenvalue weighted by Crippen LogP contribution is -1.95. The molecule has 2 aromatic rings. The Labute approximate surface area is 118 Å². The summed E-state index contributed by atoms with van der Waals surface area (Å²) >= 11 is 1.97. The van der Waals surface area contributed by atoms with E-state index in [4.69, 9.17) is 0 Å². The second kappa shape index (κ2) is 5.34. The molecule has 0 aliphatic heterocycles. The van der Waals surface area contributed by atoms with Gasteiger partial charge in [-0.25, -0.2) is 0 Å². The molecule has 4 nitrogen and oxygen atoms in total. The molecule has 5 heteroatoms. The van der Waals surface area contributed by atoms with Crippen LogP contribution in [0.2, 0.25) is 0 Å². The molecule has 0 spiro atoms. The summed E-state index contributed by atoms with van der Waals surface area (Å²) in [6, 6.07) is 13.0. The van der Waals surface area contributed by atoms with Gasteiger partial charge in [-0.3, -0.25) is 10.1 Å². The van der Waals surface area contributed by atoms with Crippen LogP contribution >= 0.6 is 22.6 Å². The van der Waals surface area contributed by atoms with Crippen molar-refractivity contribution in [2.75, 3.05) is 5.32 Å². The molecule has 0 bridgehead atoms. The summed E-state index contributed by atoms with van der Waals surface area (Å²) in [5, 5.41) is 13.9. The normalized spacial score (nSPS) is 10.1. The largest absolute Gasteiger partial charge is 0.355 e. The van der Waals surface area contributed by atoms with E-state index in [9.17, 15) is 10.1 Å². The Morgan fingerprint density at radius 3 is 2.50 bits per heavy atom. The first-order valence-corrected chi connectivity index (χ1v) is 6.42. The molecule has 2 aromatic carbocycles. The third-order valence-corrected chi connectivity index (χ3v) is 3.32. The number of rotatable bonds is 3. The van der Waals surface area contributed by atoms with E-state index >= 15 is 0 Å². The van der Waals surface area contributed by atoms with Crippen molar-refractivity contribution in [2.24, 2.45) is 0 Å². The van der Waals surface area contributed by atoms with E-state index in [1.165, 1.54) is 6.07 Å². The van der Waals surface area contributed by atoms with Crippen molar-refractivity contribution >= 4 is 39.7 Å². The van der Waals surface area contributed by atoms with Gasteiger partial charge in [-0.1, -0.05) is 12.1 Å². The molecule has 0 saturated carbocycles. The molecule has 1 N–H and O–H groups in total. The maximum absolute atomic E-state index is 10.7. The minimum absolute atomic E-state index is 0.130. The van der Waals surface area contributed by atoms with Crippen LogP contribution in [0.1, 0.15) is 5.56 Å². The fourth-order valence-corrected chi connectivity index (χ4v) is 2.33. The number of nitro benzene ring substituents is 1. The number of nitrogens with zero attached hydrogens (tertiary/aromatic N) is 1. The molecule has 0 radical (unpaired) electrons. The first kappa shape index (κ1) is 12.8. The van der Waals surface area contributed by atoms with Crippen molar-refractivity contribution in [2.45, 2.75) is 6.92 Å². The summed E-state index contributed by atoms with van der Waals surface area (Å²) in [5.74, 6) is 0. The molecule has 0 heterocycles. The Hall–Kier alpha value is -1.63. The summed E-state index contributed by atoms with van der Waals surface area (Å²) < 4.78 is 0.621. The fourth-order valence-electron chi connectivity index (χ4n) is 1.62. The standard InChI is InChI=1S/C13H11IN2O2/c1-9-3-2-4-10(7-9)15-11-5-6-13(16(17)18)12(14)8-11/h2-8,15H,1H3. The van der Waals surface area contributed by atoms with Gasteiger partial charge in [0.1, 0.15) is 0 Å². The van der Waals surface area contributed by atoms with Gasteiger partial charge in [0.15, 0.2) is 0 Å². The number of anilines is 2. The van der Waals surface area contributed by atoms with Gasteiger partial charge >= 0.3 is 0 Å². The van der Waals surface area contributed by atoms with E-state index in [1.807, 2.05) is 53.8 Å². The molecule has 0 fully saturated rings. The molecule has 0 aliphatic rings. The van der Waals surface area contributed by atoms with Crippen LogP contribution in [0.5, 0.6) is 0 Å². The number of hydrogen-bond donors (Lipinski definition) is 1. The molecule has 0 aliphatic carbocycles. The molecular weight excluding hydrogens is 343 g/mol. The van der Waals surface area contributed by atoms with Crippen LogP contribution in [-0.2, 0) is 0 Å². The van der Waals surface area contributed by atoms with Gasteiger partial charge in [0, 0.05) is 17.4 Å². The Morgan fingerprint density at radius 1 is 1.17 bits per heavy atom. The molecule has 0 unspecified atom stereocenters. The zero-order valence-corrected chi connectivity index (χ0v) is 11.8. The van der Waals surface area contributed by atoms with E-state index in [1.54, 1.807) is 12.1 Å². The minimum Gasteiger partial charge on any atom is -0.355 e. The van der Waals surface area contributed by atoms with Crippen molar-refractivity contribution in [1.82, 2.24) is 0 Å². The van der Waals surface area contributed by atoms with Crippen LogP contribution in [-0.4, -0.2) is 4.92 Å². The monoisotopic (exact) mass is 354 g/mol. The number of halogens is 1. The number of aryl methyl sites for hydroxylation is 1. The smallest absolute Gasteiger partial charge is 0.282 e. The first-order chi connectivity index (χ1) is 8.56. The molecular formula is C13H11IN2O2. The SMILES string of the molecule is Cc1cccc(Nc2ccc([N+](=O)[O-])c(I)c2)c1. The lowest BCUT2D eigenvalue weighted by atomic mass is 10.2. The van der Waals surface area contributed by atoms with Gasteiger partial charge in [-0.05, 0) is 59.3 Å². The molecule has 0 atom stereocenters. The van der Waals surface area contributed by atoms with Crippen LogP contribution in [0.4, 0.5) is 17.1 Å². The average Bonchev–Trinajstić information content (AvgIpc) is 2.28. The van der Waals surface area contributed by atoms with Gasteiger partial charge in [-0.15, -0.1) is 0 Å². The molecule has 2 rings (SSSR count). The van der Waals surface area contributed by atoms with Gasteiger partial charge in [-0.2, -0.15) is 0 Å². The Kier molecular flexibility index (Phi) is 3.81. The fraction of sp³-hybridized carbons (Fsp3) is 0.0769. The highest BCUT2D eigenvalue weighted by Gasteiger charge is 2.11. The minimum atomic E-state index is -0.377. The average molecular weight is 354 g/mol. The zero-order valence-electron chi connectivity index (χ0n) is 9.68. The molecule has 0 aromatic heterocycles. The van der Waals surface area contributed by atoms with Crippen LogP contribution in [0.15, 0.2) is 42.5 Å². The Morgan fingerprint density at radius 2 is 1.89 bits per heavy atom. The van der Waals surface area contributed by atoms with E-state index < -0.39 is 0 Å². The summed E-state index contributed by atoms with van der Waals surface area (Å²) in [7, 11) is 0. The lowest BCUT2D eigenvalue weighted by molar-refractivity contribution is -0.385. The summed E-state index contributed by atoms with van der Waals surface area (Å²) in [5.41, 5.74) is 3.11. The number of nitro groups is 1. The van der Waals surface area contributed by atoms with E-state index in [-0.39, 0.29) is 10.6 Å². The molecule has 0 saturated heterocycles. The predicted molar refractivity (Wildman–Crippen MR) is 80.3 cm³/mol. The molecule has 18 heavy (non-hydrogen) atoms. The topological polar surface area (TPSA) is 55.2 Å². The van der Waals surface area contributed by atoms with Gasteiger partial charge in [0.2, 0.25) is 0 Å². The number of hydrogen-bond acceptors (Lipinski definition) is 3. The van der Waals surface area contributed by atoms with Crippen LogP contribution in [0.25, 0.3) is 0 Å². The summed E-state index contributed by atoms with van der Waals surface area (Å²) in [4.78, 5) is 10.3. The Bertz CT molecular complexity index is 599. The summed E-state index contributed by atoms with van der Waals surface area (Å²) in [6.07, 6.45) is 0. The number of nitrogens with one attached hydrogen (secondary N) is 1. The van der Waals surface area contributed by atoms with Gasteiger partial charge in [0.25, 0.3) is 5.69 Å². The van der Waals surface area contributed by atoms with E-state index in [0.717, 1.165) is 16.9 Å². The van der Waals surface area contributed by atoms with Crippen LogP contribution in [0.3, 0.4) is 0 Å². The highest BCUT2D eigenvalue weighted by atomic mass is 127. The zero-order chi connectivity index (χ0) is 13.1. The highest BCUT2D eigenvalue weighted by molar-refractivity contribution is 14.1. The first-order valence-electron chi connectivity index (χ1n) is 5.34. The van der Waals surface area contributed by atoms with Crippen molar-refractivity contribution in [3.63, 3.8) is 0 Å². The van der Waals surface area contributed by atoms with Crippen molar-refractivity contribution in [3.8, 4) is 0 Å². The lowest BCUT2D eigenvalue weighted by Gasteiger charge is -2.07. The maximum Gasteiger partial charge on any atom is 0.282 e. The second-order valence-corrected chi connectivity index (χ2v) is 5.08. The summed E-state index contributed by atoms with van der Waals surface area (Å²) in [6.45, 7) is 2.02. The maximum atomic E-state index is 10.7. The third-order valence-electron chi connectivity index (χ3n) is 2.45. The van der Waals surface area contributed by atoms with Crippen molar-refractivity contribution < 1.29 is 4.92 Å². The van der Waals surface area contributed by atoms with Crippen molar-refractivity contribution in [3.05, 3.63) is 61.7 Å².